The molecule has 0 rings (SSSR count). The van der Waals surface area contributed by atoms with Crippen LogP contribution in [0.4, 0.5) is 0 Å². The van der Waals surface area contributed by atoms with Crippen molar-refractivity contribution in [2.24, 2.45) is 5.92 Å². The van der Waals surface area contributed by atoms with E-state index >= 15 is 0 Å². The van der Waals surface area contributed by atoms with Crippen LogP contribution in [-0.2, 0) is 22.8 Å². The van der Waals surface area contributed by atoms with E-state index < -0.39 is 40.3 Å². The molecular formula is C10H26O8P4. The second kappa shape index (κ2) is 7.33. The average Bonchev–Trinajstić information content (AvgIpc) is 2.17. The molecule has 3 N–H and O–H groups in total. The Hall–Kier alpha value is 0.760. The van der Waals surface area contributed by atoms with Gasteiger partial charge in [-0.2, -0.15) is 0 Å². The van der Waals surface area contributed by atoms with Crippen LogP contribution in [0.5, 0.6) is 0 Å². The maximum atomic E-state index is 12.8. The van der Waals surface area contributed by atoms with Gasteiger partial charge in [-0.15, -0.1) is 0 Å². The summed E-state index contributed by atoms with van der Waals surface area (Å²) in [4.78, 5) is 29.5. The Kier molecular flexibility index (Phi) is 7.59. The van der Waals surface area contributed by atoms with E-state index in [0.29, 0.717) is 0 Å². The first-order chi connectivity index (χ1) is 9.40. The zero-order valence-electron chi connectivity index (χ0n) is 13.6. The zero-order valence-corrected chi connectivity index (χ0v) is 17.2. The molecular weight excluding hydrogens is 372 g/mol. The normalized spacial score (nSPS) is 26.3. The van der Waals surface area contributed by atoms with E-state index in [0.717, 1.165) is 26.7 Å². The molecule has 134 valence electrons. The van der Waals surface area contributed by atoms with Crippen LogP contribution in [0.15, 0.2) is 0 Å². The first-order valence-electron chi connectivity index (χ1n) is 6.52. The van der Waals surface area contributed by atoms with Crippen molar-refractivity contribution in [3.05, 3.63) is 0 Å². The smallest absolute Gasteiger partial charge is 0.214 e. The second-order valence-electron chi connectivity index (χ2n) is 6.26. The van der Waals surface area contributed by atoms with Crippen molar-refractivity contribution in [2.45, 2.75) is 24.6 Å². The fourth-order valence-electron chi connectivity index (χ4n) is 2.14. The topological polar surface area (TPSA) is 138 Å². The minimum Gasteiger partial charge on any atom is -0.344 e. The Labute approximate surface area is 131 Å². The first-order valence-corrected chi connectivity index (χ1v) is 15.2. The third-order valence-corrected chi connectivity index (χ3v) is 14.7. The van der Waals surface area contributed by atoms with Gasteiger partial charge in [0.25, 0.3) is 0 Å². The van der Waals surface area contributed by atoms with Gasteiger partial charge in [0, 0.05) is 26.7 Å². The second-order valence-corrected chi connectivity index (χ2v) is 17.0. The van der Waals surface area contributed by atoms with Gasteiger partial charge >= 0.3 is 0 Å². The van der Waals surface area contributed by atoms with E-state index in [9.17, 15) is 32.9 Å². The molecule has 0 fully saturated rings. The molecule has 0 amide bonds. The minimum absolute atomic E-state index is 0.00408. The van der Waals surface area contributed by atoms with Crippen LogP contribution in [0.25, 0.3) is 0 Å². The van der Waals surface area contributed by atoms with E-state index in [-0.39, 0.29) is 12.5 Å². The van der Waals surface area contributed by atoms with Crippen molar-refractivity contribution < 1.29 is 37.5 Å². The average molecular weight is 398 g/mol. The molecule has 8 nitrogen and oxygen atoms in total. The van der Waals surface area contributed by atoms with E-state index in [2.05, 4.69) is 0 Å². The highest BCUT2D eigenvalue weighted by Gasteiger charge is 2.56. The lowest BCUT2D eigenvalue weighted by atomic mass is 10.2. The predicted octanol–water partition coefficient (Wildman–Crippen LogP) is 2.92. The van der Waals surface area contributed by atoms with Gasteiger partial charge < -0.3 is 19.2 Å². The summed E-state index contributed by atoms with van der Waals surface area (Å²) >= 11 is 0. The summed E-state index contributed by atoms with van der Waals surface area (Å²) in [5.41, 5.74) is 0. The quantitative estimate of drug-likeness (QED) is 0.531. The molecule has 0 aliphatic rings. The Bertz CT molecular complexity index is 545. The third-order valence-electron chi connectivity index (χ3n) is 2.88. The van der Waals surface area contributed by atoms with Crippen LogP contribution in [0.1, 0.15) is 13.8 Å². The molecule has 5 unspecified atom stereocenters. The maximum absolute atomic E-state index is 12.8. The molecule has 0 aliphatic carbocycles. The fraction of sp³-hybridized carbons (Fsp3) is 1.00. The van der Waals surface area contributed by atoms with Crippen LogP contribution in [-0.4, -0.2) is 58.7 Å². The molecule has 0 aromatic rings. The minimum atomic E-state index is -4.29. The molecule has 0 aliphatic heterocycles. The maximum Gasteiger partial charge on any atom is 0.214 e. The van der Waals surface area contributed by atoms with Crippen molar-refractivity contribution in [1.29, 1.82) is 0 Å². The van der Waals surface area contributed by atoms with E-state index in [1.54, 1.807) is 13.8 Å². The highest BCUT2D eigenvalue weighted by Crippen LogP contribution is 2.76. The summed E-state index contributed by atoms with van der Waals surface area (Å²) in [6, 6.07) is 0. The Morgan fingerprint density at radius 2 is 1.09 bits per heavy atom. The Morgan fingerprint density at radius 1 is 0.773 bits per heavy atom. The standard InChI is InChI=1S/C10H26O8P4/c1-8(2)7-18-22(6,17)10(21(5,15)16)9(19(3,11)12)20(4,13)14/h8-10H,7H2,1-6H3,(H,11,12)(H,13,14)(H,15,16). The molecule has 0 bridgehead atoms. The highest BCUT2D eigenvalue weighted by atomic mass is 31.2. The lowest BCUT2D eigenvalue weighted by Crippen LogP contribution is -2.27. The molecule has 0 spiro atoms. The van der Waals surface area contributed by atoms with Crippen LogP contribution >= 0.6 is 29.5 Å². The summed E-state index contributed by atoms with van der Waals surface area (Å²) < 4.78 is 54.3. The van der Waals surface area contributed by atoms with Crippen molar-refractivity contribution in [3.63, 3.8) is 0 Å². The summed E-state index contributed by atoms with van der Waals surface area (Å²) in [7, 11) is -16.7. The largest absolute Gasteiger partial charge is 0.344 e. The monoisotopic (exact) mass is 398 g/mol. The van der Waals surface area contributed by atoms with E-state index in [1.807, 2.05) is 0 Å². The van der Waals surface area contributed by atoms with Gasteiger partial charge in [0.1, 0.15) is 10.8 Å². The molecule has 12 heteroatoms. The van der Waals surface area contributed by atoms with Crippen molar-refractivity contribution in [2.75, 3.05) is 33.3 Å². The fourth-order valence-corrected chi connectivity index (χ4v) is 17.3. The molecule has 0 aromatic heterocycles. The van der Waals surface area contributed by atoms with Gasteiger partial charge in [-0.05, 0) is 5.92 Å². The third kappa shape index (κ3) is 6.71. The van der Waals surface area contributed by atoms with Crippen LogP contribution in [0.3, 0.4) is 0 Å². The molecule has 0 aromatic carbocycles. The van der Waals surface area contributed by atoms with Gasteiger partial charge in [0.15, 0.2) is 0 Å². The van der Waals surface area contributed by atoms with E-state index in [4.69, 9.17) is 4.52 Å². The van der Waals surface area contributed by atoms with E-state index in [1.165, 1.54) is 0 Å². The van der Waals surface area contributed by atoms with Crippen molar-refractivity contribution in [1.82, 2.24) is 0 Å². The van der Waals surface area contributed by atoms with Crippen LogP contribution in [0.2, 0.25) is 0 Å². The molecule has 0 heterocycles. The van der Waals surface area contributed by atoms with Crippen LogP contribution in [0, 0.1) is 5.92 Å². The summed E-state index contributed by atoms with van der Waals surface area (Å²) in [6.07, 6.45) is 0. The van der Waals surface area contributed by atoms with Gasteiger partial charge in [-0.3, -0.25) is 18.3 Å². The molecule has 0 saturated heterocycles. The molecule has 0 saturated carbocycles. The predicted molar refractivity (Wildman–Crippen MR) is 89.1 cm³/mol. The summed E-state index contributed by atoms with van der Waals surface area (Å²) in [5.74, 6) is -0.0348. The SMILES string of the molecule is CC(C)COP(C)(=O)C(C(P(C)(=O)O)P(C)(=O)O)P(C)(=O)O. The Balaban J connectivity index is 6.14. The summed E-state index contributed by atoms with van der Waals surface area (Å²) in [6.45, 7) is 7.07. The molecule has 22 heavy (non-hydrogen) atoms. The number of rotatable bonds is 8. The summed E-state index contributed by atoms with van der Waals surface area (Å²) in [5, 5.41) is -3.86. The van der Waals surface area contributed by atoms with Gasteiger partial charge in [0.2, 0.25) is 29.5 Å². The number of hydrogen-bond acceptors (Lipinski definition) is 5. The van der Waals surface area contributed by atoms with Gasteiger partial charge in [-0.25, -0.2) is 0 Å². The van der Waals surface area contributed by atoms with Crippen molar-refractivity contribution in [3.8, 4) is 0 Å². The lowest BCUT2D eigenvalue weighted by molar-refractivity contribution is 0.270. The molecule has 5 atom stereocenters. The molecule has 0 radical (unpaired) electrons. The van der Waals surface area contributed by atoms with Crippen LogP contribution < -0.4 is 0 Å². The zero-order chi connectivity index (χ0) is 18.1. The lowest BCUT2D eigenvalue weighted by Gasteiger charge is -2.35. The van der Waals surface area contributed by atoms with Gasteiger partial charge in [-0.1, -0.05) is 13.8 Å². The first kappa shape index (κ1) is 22.8. The Morgan fingerprint density at radius 3 is 1.32 bits per heavy atom. The van der Waals surface area contributed by atoms with Crippen molar-refractivity contribution >= 4 is 29.5 Å². The number of hydrogen-bond donors (Lipinski definition) is 3. The highest BCUT2D eigenvalue weighted by molar-refractivity contribution is 7.83. The van der Waals surface area contributed by atoms with Gasteiger partial charge in [0.05, 0.1) is 6.61 Å².